The quantitative estimate of drug-likeness (QED) is 0.309. The number of benzene rings is 2. The number of nitrogens with two attached hydrogens (primary N) is 1. The van der Waals surface area contributed by atoms with Gasteiger partial charge in [0.25, 0.3) is 11.8 Å². The van der Waals surface area contributed by atoms with E-state index in [1.807, 2.05) is 50.2 Å². The summed E-state index contributed by atoms with van der Waals surface area (Å²) < 4.78 is 5.10. The van der Waals surface area contributed by atoms with Gasteiger partial charge in [-0.1, -0.05) is 23.9 Å². The Hall–Kier alpha value is -3.28. The molecule has 0 aromatic heterocycles. The summed E-state index contributed by atoms with van der Waals surface area (Å²) in [5, 5.41) is 8.46. The van der Waals surface area contributed by atoms with Gasteiger partial charge in [0.15, 0.2) is 0 Å². The lowest BCUT2D eigenvalue weighted by molar-refractivity contribution is -0.128. The summed E-state index contributed by atoms with van der Waals surface area (Å²) in [5.41, 5.74) is 7.90. The lowest BCUT2D eigenvalue weighted by Crippen LogP contribution is -2.39. The molecule has 4 rings (SSSR count). The molecule has 222 valence electrons. The van der Waals surface area contributed by atoms with Gasteiger partial charge in [-0.25, -0.2) is 0 Å². The molecule has 0 aliphatic carbocycles. The van der Waals surface area contributed by atoms with Crippen LogP contribution in [0.5, 0.6) is 0 Å². The fraction of sp³-hybridized carbons (Fsp3) is 0.500. The van der Waals surface area contributed by atoms with Crippen LogP contribution >= 0.6 is 11.8 Å². The number of amides is 3. The van der Waals surface area contributed by atoms with Gasteiger partial charge in [-0.05, 0) is 74.8 Å². The van der Waals surface area contributed by atoms with Gasteiger partial charge >= 0.3 is 0 Å². The number of anilines is 1. The van der Waals surface area contributed by atoms with Crippen molar-refractivity contribution in [2.24, 2.45) is 5.73 Å². The molecule has 0 unspecified atom stereocenters. The van der Waals surface area contributed by atoms with Crippen molar-refractivity contribution in [3.05, 3.63) is 52.7 Å². The molecule has 2 aromatic carbocycles. The lowest BCUT2D eigenvalue weighted by Gasteiger charge is -2.23. The second-order valence-corrected chi connectivity index (χ2v) is 11.4. The van der Waals surface area contributed by atoms with Crippen LogP contribution in [0.4, 0.5) is 5.69 Å². The summed E-state index contributed by atoms with van der Waals surface area (Å²) in [6.45, 7) is 9.69. The third-order valence-corrected chi connectivity index (χ3v) is 8.87. The predicted octanol–water partition coefficient (Wildman–Crippen LogP) is 2.66. The zero-order valence-electron chi connectivity index (χ0n) is 24.3. The average Bonchev–Trinajstić information content (AvgIpc) is 3.62. The Kier molecular flexibility index (Phi) is 10.9. The summed E-state index contributed by atoms with van der Waals surface area (Å²) in [7, 11) is 1.59. The summed E-state index contributed by atoms with van der Waals surface area (Å²) in [5.74, 6) is -0.425. The third-order valence-electron chi connectivity index (χ3n) is 7.56. The highest BCUT2D eigenvalue weighted by molar-refractivity contribution is 8.04. The average molecular weight is 583 g/mol. The van der Waals surface area contributed by atoms with Crippen LogP contribution in [0.3, 0.4) is 0 Å². The number of nitrogens with zero attached hydrogens (tertiary/aromatic N) is 3. The van der Waals surface area contributed by atoms with Crippen LogP contribution in [0.1, 0.15) is 37.0 Å². The first kappa shape index (κ1) is 30.7. The van der Waals surface area contributed by atoms with Gasteiger partial charge in [-0.2, -0.15) is 0 Å². The fourth-order valence-corrected chi connectivity index (χ4v) is 6.39. The van der Waals surface area contributed by atoms with Crippen molar-refractivity contribution in [2.45, 2.75) is 31.9 Å². The Balaban J connectivity index is 1.37. The molecule has 1 atom stereocenters. The third kappa shape index (κ3) is 7.52. The minimum Gasteiger partial charge on any atom is -0.392 e. The number of thioether (sulfide) groups is 1. The van der Waals surface area contributed by atoms with Crippen molar-refractivity contribution in [1.82, 2.24) is 20.0 Å². The Morgan fingerprint density at radius 2 is 1.85 bits per heavy atom. The molecule has 10 nitrogen and oxygen atoms in total. The number of methoxy groups -OCH3 is 1. The van der Waals surface area contributed by atoms with Crippen LogP contribution in [-0.4, -0.2) is 104 Å². The zero-order valence-corrected chi connectivity index (χ0v) is 25.1. The molecule has 3 amide bonds. The SMILES string of the molecule is CCN(CCOC)C(=O)/C(N)=C1\S[C@H](CNc2ccc3cc(C(=O)NCCN4CCCC4)ccc3c2)C(=O)N1CC. The molecule has 2 aliphatic heterocycles. The zero-order chi connectivity index (χ0) is 29.4. The highest BCUT2D eigenvalue weighted by atomic mass is 32.2. The van der Waals surface area contributed by atoms with Crippen LogP contribution < -0.4 is 16.4 Å². The molecule has 0 bridgehead atoms. The molecule has 0 saturated carbocycles. The molecule has 41 heavy (non-hydrogen) atoms. The number of carbonyl (C=O) groups is 3. The fourth-order valence-electron chi connectivity index (χ4n) is 5.17. The normalized spacial score (nSPS) is 18.7. The topological polar surface area (TPSA) is 120 Å². The van der Waals surface area contributed by atoms with Gasteiger partial charge in [0.1, 0.15) is 16.0 Å². The summed E-state index contributed by atoms with van der Waals surface area (Å²) in [4.78, 5) is 44.4. The van der Waals surface area contributed by atoms with E-state index in [1.165, 1.54) is 24.6 Å². The van der Waals surface area contributed by atoms with E-state index in [0.717, 1.165) is 36.1 Å². The molecule has 2 saturated heterocycles. The number of likely N-dealkylation sites (tertiary alicyclic amines) is 1. The van der Waals surface area contributed by atoms with Crippen LogP contribution in [0, 0.1) is 0 Å². The van der Waals surface area contributed by atoms with E-state index in [4.69, 9.17) is 10.5 Å². The number of likely N-dealkylation sites (N-methyl/N-ethyl adjacent to an activating group) is 1. The van der Waals surface area contributed by atoms with Gasteiger partial charge in [0.05, 0.1) is 6.61 Å². The number of fused-ring (bicyclic) bond motifs is 1. The van der Waals surface area contributed by atoms with Crippen molar-refractivity contribution in [1.29, 1.82) is 0 Å². The second kappa shape index (κ2) is 14.6. The van der Waals surface area contributed by atoms with Gasteiger partial charge < -0.3 is 35.8 Å². The van der Waals surface area contributed by atoms with E-state index in [1.54, 1.807) is 16.9 Å². The summed E-state index contributed by atoms with van der Waals surface area (Å²) in [6.07, 6.45) is 2.48. The van der Waals surface area contributed by atoms with Crippen molar-refractivity contribution < 1.29 is 19.1 Å². The van der Waals surface area contributed by atoms with Crippen molar-refractivity contribution in [2.75, 3.05) is 71.4 Å². The minimum absolute atomic E-state index is 0.0621. The molecule has 2 heterocycles. The largest absolute Gasteiger partial charge is 0.392 e. The van der Waals surface area contributed by atoms with Crippen molar-refractivity contribution in [3.8, 4) is 0 Å². The minimum atomic E-state index is -0.410. The lowest BCUT2D eigenvalue weighted by atomic mass is 10.1. The van der Waals surface area contributed by atoms with Gasteiger partial charge in [0.2, 0.25) is 5.91 Å². The maximum absolute atomic E-state index is 13.2. The number of nitrogens with one attached hydrogen (secondary N) is 2. The number of rotatable bonds is 13. The molecule has 2 fully saturated rings. The highest BCUT2D eigenvalue weighted by Crippen LogP contribution is 2.36. The van der Waals surface area contributed by atoms with E-state index >= 15 is 0 Å². The highest BCUT2D eigenvalue weighted by Gasteiger charge is 2.38. The van der Waals surface area contributed by atoms with Gasteiger partial charge in [0, 0.05) is 57.6 Å². The molecule has 4 N–H and O–H groups in total. The first-order valence-corrected chi connectivity index (χ1v) is 15.3. The summed E-state index contributed by atoms with van der Waals surface area (Å²) in [6, 6.07) is 11.6. The number of ether oxygens (including phenoxy) is 1. The van der Waals surface area contributed by atoms with Crippen LogP contribution in [0.2, 0.25) is 0 Å². The van der Waals surface area contributed by atoms with E-state index in [2.05, 4.69) is 15.5 Å². The van der Waals surface area contributed by atoms with Crippen molar-refractivity contribution >= 4 is 45.9 Å². The van der Waals surface area contributed by atoms with Crippen molar-refractivity contribution in [3.63, 3.8) is 0 Å². The first-order valence-electron chi connectivity index (χ1n) is 14.4. The molecule has 2 aromatic rings. The maximum atomic E-state index is 13.2. The molecule has 11 heteroatoms. The number of hydrogen-bond acceptors (Lipinski definition) is 8. The molecule has 0 spiro atoms. The monoisotopic (exact) mass is 582 g/mol. The Morgan fingerprint density at radius 1 is 1.12 bits per heavy atom. The molecule has 0 radical (unpaired) electrons. The van der Waals surface area contributed by atoms with E-state index in [-0.39, 0.29) is 23.4 Å². The molecule has 2 aliphatic rings. The maximum Gasteiger partial charge on any atom is 0.272 e. The van der Waals surface area contributed by atoms with Crippen LogP contribution in [-0.2, 0) is 14.3 Å². The first-order chi connectivity index (χ1) is 19.9. The van der Waals surface area contributed by atoms with Gasteiger partial charge in [-0.15, -0.1) is 0 Å². The Morgan fingerprint density at radius 3 is 2.56 bits per heavy atom. The molecular formula is C30H42N6O4S. The molecular weight excluding hydrogens is 540 g/mol. The summed E-state index contributed by atoms with van der Waals surface area (Å²) >= 11 is 1.32. The smallest absolute Gasteiger partial charge is 0.272 e. The van der Waals surface area contributed by atoms with E-state index in [0.29, 0.717) is 49.9 Å². The number of carbonyl (C=O) groups excluding carboxylic acids is 3. The number of hydrogen-bond donors (Lipinski definition) is 3. The second-order valence-electron chi connectivity index (χ2n) is 10.2. The van der Waals surface area contributed by atoms with Crippen LogP contribution in [0.25, 0.3) is 10.8 Å². The van der Waals surface area contributed by atoms with E-state index in [9.17, 15) is 14.4 Å². The Bertz CT molecular complexity index is 1280. The van der Waals surface area contributed by atoms with Gasteiger partial charge in [-0.3, -0.25) is 14.4 Å². The van der Waals surface area contributed by atoms with Crippen LogP contribution in [0.15, 0.2) is 47.1 Å². The Labute approximate surface area is 246 Å². The standard InChI is InChI=1S/C30H42N6O4S/c1-4-35(16-17-40-3)29(39)26(31)30-36(5-2)28(38)25(41-30)20-33-24-11-10-21-18-23(9-8-22(21)19-24)27(37)32-12-15-34-13-6-7-14-34/h8-11,18-19,25,33H,4-7,12-17,20,31H2,1-3H3,(H,32,37)/b30-26+/t25-/m1/s1. The predicted molar refractivity (Wildman–Crippen MR) is 165 cm³/mol. The van der Waals surface area contributed by atoms with E-state index < -0.39 is 5.25 Å².